The topological polar surface area (TPSA) is 53.4 Å². The van der Waals surface area contributed by atoms with E-state index in [4.69, 9.17) is 10.2 Å². The summed E-state index contributed by atoms with van der Waals surface area (Å²) in [6.07, 6.45) is 1.25. The summed E-state index contributed by atoms with van der Waals surface area (Å²) in [5, 5.41) is 17.2. The maximum atomic E-state index is 8.11. The Kier molecular flexibility index (Phi) is 4.74. The van der Waals surface area contributed by atoms with Crippen molar-refractivity contribution in [3.63, 3.8) is 0 Å². The molecule has 0 aliphatic rings. The number of hydrogen-bond donors (Lipinski definition) is 2. The monoisotopic (exact) mass is 205 g/mol. The number of hydrogen-bond acceptors (Lipinski definition) is 3. The second-order valence-corrected chi connectivity index (χ2v) is 3.23. The molecule has 2 N–H and O–H groups in total. The number of aliphatic hydroxyl groups excluding tert-OH is 2. The fourth-order valence-corrected chi connectivity index (χ4v) is 1.02. The zero-order valence-electron chi connectivity index (χ0n) is 8.67. The minimum Gasteiger partial charge on any atom is -0.394 e. The Balaban J connectivity index is 0.000000195. The molecule has 2 rings (SSSR count). The van der Waals surface area contributed by atoms with Gasteiger partial charge in [0.25, 0.3) is 0 Å². The van der Waals surface area contributed by atoms with Crippen molar-refractivity contribution in [3.05, 3.63) is 42.6 Å². The highest BCUT2D eigenvalue weighted by molar-refractivity contribution is 5.77. The van der Waals surface area contributed by atoms with Gasteiger partial charge in [0.15, 0.2) is 0 Å². The second kappa shape index (κ2) is 6.11. The molecule has 0 amide bonds. The third-order valence-electron chi connectivity index (χ3n) is 1.78. The predicted molar refractivity (Wildman–Crippen MR) is 60.5 cm³/mol. The van der Waals surface area contributed by atoms with E-state index in [1.165, 1.54) is 12.3 Å². The summed E-state index contributed by atoms with van der Waals surface area (Å²) in [5.41, 5.74) is 1.06. The van der Waals surface area contributed by atoms with Crippen LogP contribution in [0.4, 0.5) is 0 Å². The summed E-state index contributed by atoms with van der Waals surface area (Å²) in [7, 11) is 0. The molecule has 3 nitrogen and oxygen atoms in total. The Labute approximate surface area is 89.0 Å². The van der Waals surface area contributed by atoms with Crippen molar-refractivity contribution in [2.75, 3.05) is 6.61 Å². The predicted octanol–water partition coefficient (Wildman–Crippen LogP) is 1.59. The van der Waals surface area contributed by atoms with Crippen LogP contribution in [0.2, 0.25) is 0 Å². The van der Waals surface area contributed by atoms with Gasteiger partial charge in [0, 0.05) is 11.6 Å². The van der Waals surface area contributed by atoms with E-state index in [1.807, 2.05) is 30.5 Å². The van der Waals surface area contributed by atoms with Crippen molar-refractivity contribution >= 4 is 10.9 Å². The van der Waals surface area contributed by atoms with E-state index in [0.717, 1.165) is 5.52 Å². The molecular formula is C12H15NO2. The van der Waals surface area contributed by atoms with Crippen LogP contribution in [0, 0.1) is 0 Å². The molecule has 2 aromatic rings. The molecule has 0 aliphatic carbocycles. The van der Waals surface area contributed by atoms with Gasteiger partial charge in [-0.05, 0) is 19.1 Å². The maximum Gasteiger partial charge on any atom is 0.0742 e. The molecule has 1 unspecified atom stereocenters. The smallest absolute Gasteiger partial charge is 0.0742 e. The van der Waals surface area contributed by atoms with Crippen LogP contribution in [0.3, 0.4) is 0 Å². The van der Waals surface area contributed by atoms with Gasteiger partial charge in [0.2, 0.25) is 0 Å². The second-order valence-electron chi connectivity index (χ2n) is 3.23. The molecule has 0 saturated heterocycles. The SMILES string of the molecule is CC(O)CO.c1ccc2ncccc2c1. The van der Waals surface area contributed by atoms with Crippen molar-refractivity contribution in [2.45, 2.75) is 13.0 Å². The third-order valence-corrected chi connectivity index (χ3v) is 1.78. The highest BCUT2D eigenvalue weighted by atomic mass is 16.3. The summed E-state index contributed by atoms with van der Waals surface area (Å²) in [4.78, 5) is 4.18. The zero-order valence-corrected chi connectivity index (χ0v) is 8.67. The first-order valence-corrected chi connectivity index (χ1v) is 4.82. The van der Waals surface area contributed by atoms with Gasteiger partial charge < -0.3 is 10.2 Å². The summed E-state index contributed by atoms with van der Waals surface area (Å²) in [5.74, 6) is 0. The Hall–Kier alpha value is -1.45. The Morgan fingerprint density at radius 1 is 1.20 bits per heavy atom. The van der Waals surface area contributed by atoms with Gasteiger partial charge >= 0.3 is 0 Å². The maximum absolute atomic E-state index is 8.11. The number of aromatic nitrogens is 1. The molecule has 15 heavy (non-hydrogen) atoms. The van der Waals surface area contributed by atoms with Gasteiger partial charge in [-0.15, -0.1) is 0 Å². The lowest BCUT2D eigenvalue weighted by molar-refractivity contribution is 0.110. The number of benzene rings is 1. The third kappa shape index (κ3) is 4.06. The minimum absolute atomic E-state index is 0.139. The van der Waals surface area contributed by atoms with Crippen molar-refractivity contribution in [3.8, 4) is 0 Å². The molecule has 80 valence electrons. The van der Waals surface area contributed by atoms with Crippen LogP contribution in [0.15, 0.2) is 42.6 Å². The molecule has 0 aliphatic heterocycles. The van der Waals surface area contributed by atoms with Gasteiger partial charge in [-0.2, -0.15) is 0 Å². The molecule has 0 radical (unpaired) electrons. The zero-order chi connectivity index (χ0) is 11.1. The first-order chi connectivity index (χ1) is 7.24. The molecule has 1 aromatic carbocycles. The van der Waals surface area contributed by atoms with Crippen molar-refractivity contribution in [1.82, 2.24) is 4.98 Å². The highest BCUT2D eigenvalue weighted by Gasteiger charge is 1.86. The summed E-state index contributed by atoms with van der Waals surface area (Å²) >= 11 is 0. The average Bonchev–Trinajstić information content (AvgIpc) is 2.30. The van der Waals surface area contributed by atoms with Gasteiger partial charge in [0.05, 0.1) is 18.2 Å². The highest BCUT2D eigenvalue weighted by Crippen LogP contribution is 2.07. The van der Waals surface area contributed by atoms with Crippen molar-refractivity contribution in [1.29, 1.82) is 0 Å². The largest absolute Gasteiger partial charge is 0.394 e. The van der Waals surface area contributed by atoms with Gasteiger partial charge in [-0.3, -0.25) is 4.98 Å². The summed E-state index contributed by atoms with van der Waals surface area (Å²) in [6, 6.07) is 12.1. The van der Waals surface area contributed by atoms with E-state index in [9.17, 15) is 0 Å². The molecule has 1 atom stereocenters. The number of pyridine rings is 1. The number of rotatable bonds is 1. The number of nitrogens with zero attached hydrogens (tertiary/aromatic N) is 1. The van der Waals surface area contributed by atoms with Crippen LogP contribution >= 0.6 is 0 Å². The van der Waals surface area contributed by atoms with Crippen LogP contribution < -0.4 is 0 Å². The number of para-hydroxylation sites is 1. The fourth-order valence-electron chi connectivity index (χ4n) is 1.02. The van der Waals surface area contributed by atoms with E-state index in [-0.39, 0.29) is 6.61 Å². The molecular weight excluding hydrogens is 190 g/mol. The quantitative estimate of drug-likeness (QED) is 0.743. The number of fused-ring (bicyclic) bond motifs is 1. The minimum atomic E-state index is -0.560. The van der Waals surface area contributed by atoms with E-state index in [2.05, 4.69) is 17.1 Å². The van der Waals surface area contributed by atoms with Gasteiger partial charge in [-0.25, -0.2) is 0 Å². The van der Waals surface area contributed by atoms with Crippen molar-refractivity contribution < 1.29 is 10.2 Å². The molecule has 0 spiro atoms. The van der Waals surface area contributed by atoms with Crippen LogP contribution in [-0.4, -0.2) is 27.9 Å². The normalized spacial score (nSPS) is 11.7. The van der Waals surface area contributed by atoms with Crippen LogP contribution in [0.1, 0.15) is 6.92 Å². The first kappa shape index (κ1) is 11.6. The lowest BCUT2D eigenvalue weighted by Crippen LogP contribution is -2.03. The van der Waals surface area contributed by atoms with E-state index in [1.54, 1.807) is 0 Å². The molecule has 0 fully saturated rings. The standard InChI is InChI=1S/C9H7N.C3H8O2/c1-2-6-9-8(4-1)5-3-7-10-9;1-3(5)2-4/h1-7H;3-5H,2H2,1H3. The summed E-state index contributed by atoms with van der Waals surface area (Å²) in [6.45, 7) is 1.39. The molecule has 0 bridgehead atoms. The number of aliphatic hydroxyl groups is 2. The molecule has 1 aromatic heterocycles. The fraction of sp³-hybridized carbons (Fsp3) is 0.250. The Morgan fingerprint density at radius 2 is 1.80 bits per heavy atom. The Bertz CT molecular complexity index is 336. The first-order valence-electron chi connectivity index (χ1n) is 4.82. The molecule has 3 heteroatoms. The van der Waals surface area contributed by atoms with E-state index >= 15 is 0 Å². The Morgan fingerprint density at radius 3 is 2.40 bits per heavy atom. The summed E-state index contributed by atoms with van der Waals surface area (Å²) < 4.78 is 0. The molecule has 1 heterocycles. The van der Waals surface area contributed by atoms with Crippen LogP contribution in [0.25, 0.3) is 10.9 Å². The van der Waals surface area contributed by atoms with Gasteiger partial charge in [0.1, 0.15) is 0 Å². The lowest BCUT2D eigenvalue weighted by Gasteiger charge is -1.91. The van der Waals surface area contributed by atoms with Crippen LogP contribution in [-0.2, 0) is 0 Å². The van der Waals surface area contributed by atoms with Gasteiger partial charge in [-0.1, -0.05) is 24.3 Å². The van der Waals surface area contributed by atoms with Crippen LogP contribution in [0.5, 0.6) is 0 Å². The van der Waals surface area contributed by atoms with Crippen molar-refractivity contribution in [2.24, 2.45) is 0 Å². The lowest BCUT2D eigenvalue weighted by atomic mass is 10.2. The average molecular weight is 205 g/mol. The molecule has 0 saturated carbocycles. The van der Waals surface area contributed by atoms with E-state index in [0.29, 0.717) is 0 Å². The van der Waals surface area contributed by atoms with E-state index < -0.39 is 6.10 Å².